The van der Waals surface area contributed by atoms with E-state index in [2.05, 4.69) is 5.32 Å². The van der Waals surface area contributed by atoms with Crippen LogP contribution in [0.1, 0.15) is 67.7 Å². The molecule has 40 heavy (non-hydrogen) atoms. The number of nitrogens with one attached hydrogen (secondary N) is 1. The minimum atomic E-state index is -2.07. The molecule has 4 aliphatic rings. The minimum Gasteiger partial charge on any atom is -0.459 e. The fraction of sp³-hybridized carbons (Fsp3) is 0.786. The Morgan fingerprint density at radius 3 is 2.27 bits per heavy atom. The molecule has 0 aromatic heterocycles. The molecule has 5 N–H and O–H groups in total. The molecule has 0 unspecified atom stereocenters. The van der Waals surface area contributed by atoms with E-state index in [1.807, 2.05) is 0 Å². The number of ether oxygens (including phenoxy) is 3. The lowest BCUT2D eigenvalue weighted by Crippen LogP contribution is -2.79. The van der Waals surface area contributed by atoms with Crippen LogP contribution in [0, 0.1) is 16.7 Å². The van der Waals surface area contributed by atoms with E-state index in [4.69, 9.17) is 14.2 Å². The summed E-state index contributed by atoms with van der Waals surface area (Å²) in [6.45, 7) is 10.2. The normalized spacial score (nSPS) is 41.7. The zero-order valence-corrected chi connectivity index (χ0v) is 24.0. The van der Waals surface area contributed by atoms with Crippen LogP contribution in [0.15, 0.2) is 11.1 Å². The summed E-state index contributed by atoms with van der Waals surface area (Å²) in [4.78, 5) is 50.9. The largest absolute Gasteiger partial charge is 0.459 e. The van der Waals surface area contributed by atoms with Crippen molar-refractivity contribution in [3.05, 3.63) is 11.1 Å². The summed E-state index contributed by atoms with van der Waals surface area (Å²) in [5.41, 5.74) is -5.81. The Morgan fingerprint density at radius 1 is 1.12 bits per heavy atom. The Kier molecular flexibility index (Phi) is 7.54. The molecule has 0 aromatic rings. The number of fused-ring (bicyclic) bond motifs is 5. The van der Waals surface area contributed by atoms with Crippen molar-refractivity contribution in [2.24, 2.45) is 16.7 Å². The third-order valence-corrected chi connectivity index (χ3v) is 9.89. The lowest BCUT2D eigenvalue weighted by Gasteiger charge is -2.66. The number of rotatable bonds is 5. The SMILES string of the molecule is CC(=O)N[C@@H](C)[C@@H](O)C(=O)O[C@H]1C[C@@]2(O)[C@@H](OC(C)=O)[C@H]3[C@](C)(CC(=O)C(=C1C)C2(C)C)[C@@H](O)C[C@H]1OC[C@]13O. The van der Waals surface area contributed by atoms with E-state index in [1.165, 1.54) is 13.8 Å². The molecule has 1 heterocycles. The average molecular weight is 568 g/mol. The van der Waals surface area contributed by atoms with Gasteiger partial charge < -0.3 is 40.0 Å². The summed E-state index contributed by atoms with van der Waals surface area (Å²) in [7, 11) is 0. The second-order valence-corrected chi connectivity index (χ2v) is 12.8. The molecule has 12 nitrogen and oxygen atoms in total. The predicted molar refractivity (Wildman–Crippen MR) is 137 cm³/mol. The number of ketones is 1. The number of carbonyl (C=O) groups excluding carboxylic acids is 4. The van der Waals surface area contributed by atoms with Gasteiger partial charge in [0.2, 0.25) is 5.91 Å². The maximum absolute atomic E-state index is 14.0. The van der Waals surface area contributed by atoms with Crippen molar-refractivity contribution in [2.45, 2.75) is 115 Å². The lowest BCUT2D eigenvalue weighted by molar-refractivity contribution is -0.349. The molecular formula is C28H41NO11. The van der Waals surface area contributed by atoms with E-state index < -0.39 is 88.1 Å². The summed E-state index contributed by atoms with van der Waals surface area (Å²) >= 11 is 0. The van der Waals surface area contributed by atoms with E-state index in [1.54, 1.807) is 27.7 Å². The third-order valence-electron chi connectivity index (χ3n) is 9.89. The van der Waals surface area contributed by atoms with E-state index in [-0.39, 0.29) is 31.4 Å². The van der Waals surface area contributed by atoms with Gasteiger partial charge in [0.1, 0.15) is 23.4 Å². The Hall–Kier alpha value is -2.38. The molecule has 12 heteroatoms. The van der Waals surface area contributed by atoms with E-state index in [0.29, 0.717) is 5.57 Å². The second-order valence-electron chi connectivity index (χ2n) is 12.8. The van der Waals surface area contributed by atoms with Crippen LogP contribution >= 0.6 is 0 Å². The number of Topliss-reactive ketones (excluding diaryl/α,β-unsaturated/α-hetero) is 1. The standard InChI is InChI=1S/C28H41NO11/c1-12-17(40-24(35)21(34)13(2)29-14(3)30)10-28(37)23(39-15(4)31)22-26(7,9-16(32)20(12)25(28,5)6)18(33)8-19-27(22,36)11-38-19/h13,17-19,21-23,33-34,36-37H,8-11H2,1-7H3,(H,29,30)/t13-,17-,18-,19+,21+,22-,23-,26+,27-,28+/m0/s1. The van der Waals surface area contributed by atoms with Gasteiger partial charge in [0.25, 0.3) is 0 Å². The number of aliphatic hydroxyl groups is 4. The molecule has 10 atom stereocenters. The lowest BCUT2D eigenvalue weighted by atomic mass is 9.45. The molecule has 1 aliphatic heterocycles. The minimum absolute atomic E-state index is 0.0635. The molecular weight excluding hydrogens is 526 g/mol. The Labute approximate surface area is 233 Å². The molecule has 2 bridgehead atoms. The van der Waals surface area contributed by atoms with Gasteiger partial charge in [0.05, 0.1) is 24.9 Å². The van der Waals surface area contributed by atoms with Gasteiger partial charge >= 0.3 is 11.9 Å². The van der Waals surface area contributed by atoms with Crippen molar-refractivity contribution in [3.8, 4) is 0 Å². The molecule has 0 radical (unpaired) electrons. The monoisotopic (exact) mass is 567 g/mol. The van der Waals surface area contributed by atoms with Crippen molar-refractivity contribution in [1.29, 1.82) is 0 Å². The topological polar surface area (TPSA) is 189 Å². The van der Waals surface area contributed by atoms with E-state index in [9.17, 15) is 39.6 Å². The summed E-state index contributed by atoms with van der Waals surface area (Å²) in [6.07, 6.45) is -6.79. The summed E-state index contributed by atoms with van der Waals surface area (Å²) in [5.74, 6) is -3.81. The van der Waals surface area contributed by atoms with Crippen LogP contribution in [-0.4, -0.2) is 98.4 Å². The van der Waals surface area contributed by atoms with Gasteiger partial charge in [-0.15, -0.1) is 0 Å². The van der Waals surface area contributed by atoms with Crippen LogP contribution in [0.3, 0.4) is 0 Å². The summed E-state index contributed by atoms with van der Waals surface area (Å²) in [5, 5.41) is 48.6. The van der Waals surface area contributed by atoms with E-state index in [0.717, 1.165) is 6.92 Å². The molecule has 3 aliphatic carbocycles. The predicted octanol–water partition coefficient (Wildman–Crippen LogP) is -0.317. The van der Waals surface area contributed by atoms with Crippen molar-refractivity contribution in [1.82, 2.24) is 5.32 Å². The first-order chi connectivity index (χ1) is 18.3. The van der Waals surface area contributed by atoms with Crippen LogP contribution in [0.4, 0.5) is 0 Å². The highest BCUT2D eigenvalue weighted by atomic mass is 16.6. The smallest absolute Gasteiger partial charge is 0.337 e. The van der Waals surface area contributed by atoms with Crippen molar-refractivity contribution < 1.29 is 53.8 Å². The fourth-order valence-corrected chi connectivity index (χ4v) is 7.62. The Bertz CT molecular complexity index is 1150. The second kappa shape index (κ2) is 9.87. The zero-order chi connectivity index (χ0) is 30.2. The number of amides is 1. The van der Waals surface area contributed by atoms with Gasteiger partial charge in [0.15, 0.2) is 11.9 Å². The van der Waals surface area contributed by atoms with Crippen LogP contribution in [-0.2, 0) is 33.4 Å². The Morgan fingerprint density at radius 2 is 1.75 bits per heavy atom. The van der Waals surface area contributed by atoms with Crippen LogP contribution in [0.5, 0.6) is 0 Å². The highest BCUT2D eigenvalue weighted by Crippen LogP contribution is 2.63. The average Bonchev–Trinajstić information content (AvgIpc) is 2.81. The first-order valence-corrected chi connectivity index (χ1v) is 13.6. The third kappa shape index (κ3) is 4.39. The summed E-state index contributed by atoms with van der Waals surface area (Å²) < 4.78 is 17.0. The fourth-order valence-electron chi connectivity index (χ4n) is 7.62. The number of aliphatic hydroxyl groups excluding tert-OH is 2. The van der Waals surface area contributed by atoms with E-state index >= 15 is 0 Å². The van der Waals surface area contributed by atoms with Gasteiger partial charge in [0, 0.05) is 55.4 Å². The van der Waals surface area contributed by atoms with Crippen LogP contribution in [0.2, 0.25) is 0 Å². The molecule has 3 fully saturated rings. The van der Waals surface area contributed by atoms with Crippen molar-refractivity contribution in [3.63, 3.8) is 0 Å². The van der Waals surface area contributed by atoms with Crippen LogP contribution in [0.25, 0.3) is 0 Å². The molecule has 2 saturated carbocycles. The van der Waals surface area contributed by atoms with Gasteiger partial charge in [-0.3, -0.25) is 14.4 Å². The number of esters is 2. The molecule has 0 spiro atoms. The maximum atomic E-state index is 14.0. The molecule has 224 valence electrons. The van der Waals surface area contributed by atoms with Gasteiger partial charge in [-0.25, -0.2) is 4.79 Å². The maximum Gasteiger partial charge on any atom is 0.337 e. The van der Waals surface area contributed by atoms with Crippen LogP contribution < -0.4 is 5.32 Å². The first-order valence-electron chi connectivity index (χ1n) is 13.6. The molecule has 1 amide bonds. The molecule has 4 rings (SSSR count). The Balaban J connectivity index is 1.86. The van der Waals surface area contributed by atoms with Gasteiger partial charge in [-0.2, -0.15) is 0 Å². The highest BCUT2D eigenvalue weighted by Gasteiger charge is 2.74. The van der Waals surface area contributed by atoms with Crippen molar-refractivity contribution >= 4 is 23.6 Å². The van der Waals surface area contributed by atoms with Gasteiger partial charge in [-0.1, -0.05) is 20.8 Å². The number of hydrogen-bond acceptors (Lipinski definition) is 11. The number of carbonyl (C=O) groups is 4. The first kappa shape index (κ1) is 30.6. The summed E-state index contributed by atoms with van der Waals surface area (Å²) in [6, 6.07) is -0.976. The van der Waals surface area contributed by atoms with Crippen molar-refractivity contribution in [2.75, 3.05) is 6.61 Å². The van der Waals surface area contributed by atoms with Gasteiger partial charge in [-0.05, 0) is 19.4 Å². The number of hydrogen-bond donors (Lipinski definition) is 5. The molecule has 0 aromatic carbocycles. The highest BCUT2D eigenvalue weighted by molar-refractivity contribution is 5.99. The quantitative estimate of drug-likeness (QED) is 0.274. The molecule has 1 saturated heterocycles. The zero-order valence-electron chi connectivity index (χ0n) is 24.0.